The van der Waals surface area contributed by atoms with Gasteiger partial charge in [0.2, 0.25) is 5.91 Å². The Bertz CT molecular complexity index is 1540. The van der Waals surface area contributed by atoms with Crippen LogP contribution in [0, 0.1) is 0 Å². The highest BCUT2D eigenvalue weighted by molar-refractivity contribution is 6.06. The number of nitrogen functional groups attached to an aromatic ring is 1. The fourth-order valence-corrected chi connectivity index (χ4v) is 6.67. The smallest absolute Gasteiger partial charge is 0.220 e. The molecule has 280 valence electrons. The van der Waals surface area contributed by atoms with Crippen molar-refractivity contribution in [2.75, 3.05) is 45.2 Å². The zero-order valence-electron chi connectivity index (χ0n) is 31.6. The molecule has 3 N–H and O–H groups in total. The number of hydrogen-bond donors (Lipinski definition) is 2. The van der Waals surface area contributed by atoms with Crippen LogP contribution in [-0.2, 0) is 22.5 Å². The van der Waals surface area contributed by atoms with E-state index >= 15 is 0 Å². The number of aryl methyl sites for hydroxylation is 1. The molecule has 0 spiro atoms. The molecule has 9 nitrogen and oxygen atoms in total. The number of nitrogens with two attached hydrogens (primary N) is 1. The van der Waals surface area contributed by atoms with Crippen molar-refractivity contribution in [2.24, 2.45) is 0 Å². The third-order valence-electron chi connectivity index (χ3n) is 9.52. The molecule has 0 fully saturated rings. The number of amides is 1. The van der Waals surface area contributed by atoms with E-state index < -0.39 is 0 Å². The van der Waals surface area contributed by atoms with E-state index in [0.717, 1.165) is 67.6 Å². The molecule has 4 rings (SSSR count). The van der Waals surface area contributed by atoms with Crippen molar-refractivity contribution in [3.8, 4) is 0 Å². The lowest BCUT2D eigenvalue weighted by Crippen LogP contribution is -2.30. The Labute approximate surface area is 306 Å². The molecule has 0 radical (unpaired) electrons. The lowest BCUT2D eigenvalue weighted by atomic mass is 10.1. The summed E-state index contributed by atoms with van der Waals surface area (Å²) in [4.78, 5) is 30.7. The normalized spacial score (nSPS) is 11.6. The van der Waals surface area contributed by atoms with Crippen LogP contribution in [0.15, 0.2) is 54.6 Å². The summed E-state index contributed by atoms with van der Waals surface area (Å²) in [5.41, 5.74) is 9.95. The maximum absolute atomic E-state index is 12.6. The van der Waals surface area contributed by atoms with Crippen LogP contribution in [0.25, 0.3) is 21.9 Å². The summed E-state index contributed by atoms with van der Waals surface area (Å²) >= 11 is 0. The number of fused-ring (bicyclic) bond motifs is 3. The van der Waals surface area contributed by atoms with Gasteiger partial charge in [-0.25, -0.2) is 9.97 Å². The van der Waals surface area contributed by atoms with E-state index in [2.05, 4.69) is 59.4 Å². The Morgan fingerprint density at radius 3 is 2.18 bits per heavy atom. The van der Waals surface area contributed by atoms with E-state index in [4.69, 9.17) is 20.3 Å². The van der Waals surface area contributed by atoms with Crippen molar-refractivity contribution >= 4 is 33.7 Å². The maximum Gasteiger partial charge on any atom is 0.220 e. The average molecular weight is 701 g/mol. The minimum Gasteiger partial charge on any atom is -0.410 e. The lowest BCUT2D eigenvalue weighted by molar-refractivity contribution is -0.121. The Hall–Kier alpha value is -3.69. The van der Waals surface area contributed by atoms with Gasteiger partial charge in [-0.1, -0.05) is 133 Å². The lowest BCUT2D eigenvalue weighted by Gasteiger charge is -2.22. The first kappa shape index (κ1) is 40.1. The number of nitrogens with one attached hydrogen (secondary N) is 1. The molecule has 2 aromatic carbocycles. The monoisotopic (exact) mass is 701 g/mol. The molecule has 0 bridgehead atoms. The van der Waals surface area contributed by atoms with E-state index in [-0.39, 0.29) is 5.91 Å². The Morgan fingerprint density at radius 2 is 1.43 bits per heavy atom. The molecule has 0 atom stereocenters. The molecule has 9 heteroatoms. The molecule has 2 aromatic heterocycles. The fourth-order valence-electron chi connectivity index (χ4n) is 6.67. The topological polar surface area (TPSA) is 108 Å². The number of aromatic nitrogens is 3. The molecule has 1 amide bonds. The number of para-hydroxylation sites is 1. The molecule has 0 aliphatic rings. The van der Waals surface area contributed by atoms with Crippen LogP contribution in [0.3, 0.4) is 0 Å². The third kappa shape index (κ3) is 14.1. The highest BCUT2D eigenvalue weighted by atomic mass is 16.7. The van der Waals surface area contributed by atoms with Crippen LogP contribution in [0.5, 0.6) is 0 Å². The number of imidazole rings is 1. The van der Waals surface area contributed by atoms with Crippen molar-refractivity contribution < 1.29 is 14.4 Å². The highest BCUT2D eigenvalue weighted by Crippen LogP contribution is 2.28. The molecule has 51 heavy (non-hydrogen) atoms. The van der Waals surface area contributed by atoms with Crippen LogP contribution < -0.4 is 15.9 Å². The summed E-state index contributed by atoms with van der Waals surface area (Å²) in [6.45, 7) is 9.04. The highest BCUT2D eigenvalue weighted by Gasteiger charge is 2.18. The molecule has 0 unspecified atom stereocenters. The Kier molecular flexibility index (Phi) is 18.6. The van der Waals surface area contributed by atoms with Crippen molar-refractivity contribution in [1.29, 1.82) is 0 Å². The summed E-state index contributed by atoms with van der Waals surface area (Å²) < 4.78 is 7.64. The van der Waals surface area contributed by atoms with Crippen molar-refractivity contribution in [2.45, 2.75) is 123 Å². The Balaban J connectivity index is 1.12. The second kappa shape index (κ2) is 23.7. The number of rotatable bonds is 28. The first-order valence-electron chi connectivity index (χ1n) is 19.9. The molecule has 0 aliphatic heterocycles. The standard InChI is InChI=1S/C42H64N6O3/c1-3-5-7-8-9-10-11-12-13-14-20-29-47(34-35-22-16-15-17-23-35)30-21-27-39(49)44-28-31-50-32-33-51-48-38(26-6-4-2)46-40-41(48)36-24-18-19-25-37(36)45-42(40)43/h15-19,22-25H,3-14,20-21,26-34H2,1-2H3,(H2,43,45)(H,44,49). The van der Waals surface area contributed by atoms with Crippen molar-refractivity contribution in [3.63, 3.8) is 0 Å². The number of hydrogen-bond acceptors (Lipinski definition) is 7. The second-order valence-corrected chi connectivity index (χ2v) is 13.8. The van der Waals surface area contributed by atoms with Gasteiger partial charge in [0.1, 0.15) is 23.5 Å². The van der Waals surface area contributed by atoms with Gasteiger partial charge in [-0.3, -0.25) is 9.69 Å². The van der Waals surface area contributed by atoms with Gasteiger partial charge in [-0.2, -0.15) is 4.73 Å². The van der Waals surface area contributed by atoms with Crippen LogP contribution >= 0.6 is 0 Å². The molecule has 2 heterocycles. The van der Waals surface area contributed by atoms with Crippen LogP contribution in [0.4, 0.5) is 5.82 Å². The van der Waals surface area contributed by atoms with Crippen LogP contribution in [0.2, 0.25) is 0 Å². The number of anilines is 1. The predicted octanol–water partition coefficient (Wildman–Crippen LogP) is 8.66. The van der Waals surface area contributed by atoms with Crippen LogP contribution in [-0.4, -0.2) is 65.0 Å². The molecule has 4 aromatic rings. The molecule has 0 aliphatic carbocycles. The minimum absolute atomic E-state index is 0.0766. The quantitative estimate of drug-likeness (QED) is 0.0571. The first-order chi connectivity index (χ1) is 25.1. The molecular formula is C42H64N6O3. The summed E-state index contributed by atoms with van der Waals surface area (Å²) in [5, 5.41) is 3.98. The van der Waals surface area contributed by atoms with Gasteiger partial charge in [0.25, 0.3) is 0 Å². The van der Waals surface area contributed by atoms with Crippen molar-refractivity contribution in [1.82, 2.24) is 24.9 Å². The molecular weight excluding hydrogens is 637 g/mol. The number of carbonyl (C=O) groups is 1. The van der Waals surface area contributed by atoms with E-state index in [1.54, 1.807) is 0 Å². The van der Waals surface area contributed by atoms with E-state index in [1.165, 1.54) is 76.2 Å². The largest absolute Gasteiger partial charge is 0.410 e. The number of benzene rings is 2. The first-order valence-corrected chi connectivity index (χ1v) is 19.9. The maximum atomic E-state index is 12.6. The average Bonchev–Trinajstić information content (AvgIpc) is 3.52. The predicted molar refractivity (Wildman–Crippen MR) is 211 cm³/mol. The number of unbranched alkanes of at least 4 members (excludes halogenated alkanes) is 11. The van der Waals surface area contributed by atoms with Gasteiger partial charge in [-0.05, 0) is 44.0 Å². The van der Waals surface area contributed by atoms with E-state index in [0.29, 0.717) is 44.1 Å². The van der Waals surface area contributed by atoms with Gasteiger partial charge in [0.15, 0.2) is 5.82 Å². The molecule has 0 saturated carbocycles. The number of pyridine rings is 1. The summed E-state index contributed by atoms with van der Waals surface area (Å²) in [6.07, 6.45) is 19.1. The van der Waals surface area contributed by atoms with Crippen molar-refractivity contribution in [3.05, 3.63) is 66.0 Å². The number of nitrogens with zero attached hydrogens (tertiary/aromatic N) is 4. The van der Waals surface area contributed by atoms with Gasteiger partial charge >= 0.3 is 0 Å². The van der Waals surface area contributed by atoms with Gasteiger partial charge < -0.3 is 20.6 Å². The second-order valence-electron chi connectivity index (χ2n) is 13.8. The summed E-state index contributed by atoms with van der Waals surface area (Å²) in [5.74, 6) is 1.32. The SMILES string of the molecule is CCCCCCCCCCCCCN(CCCC(=O)NCCOCCOn1c(CCCC)nc2c(N)nc3ccccc3c21)Cc1ccccc1. The number of ether oxygens (including phenoxy) is 1. The number of carbonyl (C=O) groups excluding carboxylic acids is 1. The summed E-state index contributed by atoms with van der Waals surface area (Å²) in [6, 6.07) is 18.6. The minimum atomic E-state index is 0.0766. The molecule has 0 saturated heterocycles. The summed E-state index contributed by atoms with van der Waals surface area (Å²) in [7, 11) is 0. The zero-order chi connectivity index (χ0) is 35.9. The van der Waals surface area contributed by atoms with Gasteiger partial charge in [0.05, 0.1) is 18.7 Å². The third-order valence-corrected chi connectivity index (χ3v) is 9.52. The Morgan fingerprint density at radius 1 is 0.765 bits per heavy atom. The van der Waals surface area contributed by atoms with Gasteiger partial charge in [0, 0.05) is 31.3 Å². The van der Waals surface area contributed by atoms with E-state index in [1.807, 2.05) is 29.0 Å². The van der Waals surface area contributed by atoms with Crippen LogP contribution in [0.1, 0.15) is 122 Å². The fraction of sp³-hybridized carbons (Fsp3) is 0.595. The van der Waals surface area contributed by atoms with E-state index in [9.17, 15) is 4.79 Å². The van der Waals surface area contributed by atoms with Gasteiger partial charge in [-0.15, -0.1) is 0 Å². The zero-order valence-corrected chi connectivity index (χ0v) is 31.6.